The molecule has 1 unspecified atom stereocenters. The van der Waals surface area contributed by atoms with Crippen molar-refractivity contribution in [2.24, 2.45) is 0 Å². The van der Waals surface area contributed by atoms with Gasteiger partial charge in [-0.15, -0.1) is 11.8 Å². The van der Waals surface area contributed by atoms with Crippen LogP contribution in [0.3, 0.4) is 0 Å². The van der Waals surface area contributed by atoms with Gasteiger partial charge in [-0.05, 0) is 70.2 Å². The van der Waals surface area contributed by atoms with Crippen LogP contribution in [-0.2, 0) is 14.3 Å². The number of anilines is 3. The Balaban J connectivity index is 1.92. The molecule has 8 nitrogen and oxygen atoms in total. The predicted molar refractivity (Wildman–Crippen MR) is 128 cm³/mol. The van der Waals surface area contributed by atoms with Crippen LogP contribution in [0.1, 0.15) is 27.7 Å². The molecule has 0 aliphatic carbocycles. The van der Waals surface area contributed by atoms with Crippen LogP contribution in [0.15, 0.2) is 42.5 Å². The lowest BCUT2D eigenvalue weighted by Crippen LogP contribution is -2.27. The number of methoxy groups -OCH3 is 1. The van der Waals surface area contributed by atoms with Gasteiger partial charge in [0.1, 0.15) is 17.2 Å². The fourth-order valence-corrected chi connectivity index (χ4v) is 3.23. The number of thioether (sulfide) groups is 1. The van der Waals surface area contributed by atoms with Crippen molar-refractivity contribution in [2.75, 3.05) is 28.8 Å². The third-order valence-corrected chi connectivity index (χ3v) is 5.21. The lowest BCUT2D eigenvalue weighted by molar-refractivity contribution is -0.115. The molecule has 0 aromatic heterocycles. The summed E-state index contributed by atoms with van der Waals surface area (Å²) < 4.78 is 23.4. The first kappa shape index (κ1) is 26.0. The van der Waals surface area contributed by atoms with Gasteiger partial charge in [-0.2, -0.15) is 0 Å². The van der Waals surface area contributed by atoms with E-state index in [0.29, 0.717) is 22.8 Å². The van der Waals surface area contributed by atoms with Gasteiger partial charge in [-0.1, -0.05) is 0 Å². The number of halogens is 1. The van der Waals surface area contributed by atoms with Crippen LogP contribution in [0.5, 0.6) is 5.75 Å². The maximum Gasteiger partial charge on any atom is 0.412 e. The summed E-state index contributed by atoms with van der Waals surface area (Å²) in [6.07, 6.45) is -0.652. The molecule has 2 rings (SSSR count). The van der Waals surface area contributed by atoms with Gasteiger partial charge < -0.3 is 20.1 Å². The number of amides is 3. The van der Waals surface area contributed by atoms with Crippen molar-refractivity contribution in [3.8, 4) is 5.75 Å². The first-order valence-electron chi connectivity index (χ1n) is 10.1. The summed E-state index contributed by atoms with van der Waals surface area (Å²) in [4.78, 5) is 36.7. The van der Waals surface area contributed by atoms with E-state index in [2.05, 4.69) is 16.0 Å². The minimum absolute atomic E-state index is 0.0417. The largest absolute Gasteiger partial charge is 0.495 e. The summed E-state index contributed by atoms with van der Waals surface area (Å²) in [6, 6.07) is 10.2. The Morgan fingerprint density at radius 2 is 1.64 bits per heavy atom. The second kappa shape index (κ2) is 11.6. The zero-order chi connectivity index (χ0) is 24.6. The van der Waals surface area contributed by atoms with Crippen LogP contribution in [0.2, 0.25) is 0 Å². The molecule has 0 aliphatic heterocycles. The molecular weight excluding hydrogens is 449 g/mol. The van der Waals surface area contributed by atoms with E-state index in [1.165, 1.54) is 31.4 Å². The molecule has 0 saturated carbocycles. The Morgan fingerprint density at radius 1 is 1.00 bits per heavy atom. The van der Waals surface area contributed by atoms with Gasteiger partial charge in [0.15, 0.2) is 0 Å². The minimum Gasteiger partial charge on any atom is -0.495 e. The molecule has 0 saturated heterocycles. The maximum absolute atomic E-state index is 12.9. The van der Waals surface area contributed by atoms with Gasteiger partial charge in [0.25, 0.3) is 0 Å². The smallest absolute Gasteiger partial charge is 0.412 e. The van der Waals surface area contributed by atoms with E-state index in [9.17, 15) is 18.8 Å². The van der Waals surface area contributed by atoms with E-state index in [1.807, 2.05) is 0 Å². The van der Waals surface area contributed by atoms with Crippen molar-refractivity contribution in [3.63, 3.8) is 0 Å². The van der Waals surface area contributed by atoms with Crippen LogP contribution in [0.25, 0.3) is 0 Å². The number of ether oxygens (including phenoxy) is 2. The molecular formula is C23H28FN3O5S. The van der Waals surface area contributed by atoms with Crippen molar-refractivity contribution in [3.05, 3.63) is 48.3 Å². The number of carbonyl (C=O) groups excluding carboxylic acids is 3. The van der Waals surface area contributed by atoms with Crippen LogP contribution >= 0.6 is 11.8 Å². The average Bonchev–Trinajstić information content (AvgIpc) is 2.72. The highest BCUT2D eigenvalue weighted by Crippen LogP contribution is 2.29. The molecule has 0 heterocycles. The number of nitrogens with one attached hydrogen (secondary N) is 3. The normalized spacial score (nSPS) is 11.8. The van der Waals surface area contributed by atoms with Crippen molar-refractivity contribution in [1.82, 2.24) is 0 Å². The monoisotopic (exact) mass is 477 g/mol. The molecule has 0 fully saturated rings. The number of carbonyl (C=O) groups is 3. The number of rotatable bonds is 8. The Kier molecular flexibility index (Phi) is 9.10. The molecule has 1 atom stereocenters. The van der Waals surface area contributed by atoms with Crippen LogP contribution in [0.4, 0.5) is 26.2 Å². The van der Waals surface area contributed by atoms with Crippen molar-refractivity contribution < 1.29 is 28.2 Å². The van der Waals surface area contributed by atoms with Gasteiger partial charge >= 0.3 is 6.09 Å². The van der Waals surface area contributed by atoms with E-state index >= 15 is 0 Å². The van der Waals surface area contributed by atoms with Crippen LogP contribution in [-0.4, -0.2) is 41.6 Å². The molecule has 10 heteroatoms. The Labute approximate surface area is 196 Å². The zero-order valence-corrected chi connectivity index (χ0v) is 20.0. The van der Waals surface area contributed by atoms with Crippen molar-refractivity contribution >= 4 is 46.7 Å². The summed E-state index contributed by atoms with van der Waals surface area (Å²) in [5.74, 6) is -0.572. The Bertz CT molecular complexity index is 993. The SMILES string of the molecule is COc1ccc(NC(=O)C(C)SCC(=O)Nc2ccc(F)cc2)cc1NC(=O)OC(C)(C)C. The van der Waals surface area contributed by atoms with Gasteiger partial charge in [0.05, 0.1) is 23.8 Å². The molecule has 0 aliphatic rings. The molecule has 33 heavy (non-hydrogen) atoms. The lowest BCUT2D eigenvalue weighted by atomic mass is 10.2. The van der Waals surface area contributed by atoms with E-state index in [1.54, 1.807) is 45.9 Å². The molecule has 2 aromatic carbocycles. The van der Waals surface area contributed by atoms with Crippen LogP contribution < -0.4 is 20.7 Å². The molecule has 0 bridgehead atoms. The minimum atomic E-state index is -0.668. The summed E-state index contributed by atoms with van der Waals surface area (Å²) in [5, 5.41) is 7.47. The van der Waals surface area contributed by atoms with E-state index in [-0.39, 0.29) is 17.6 Å². The molecule has 0 spiro atoms. The number of benzene rings is 2. The fraction of sp³-hybridized carbons (Fsp3) is 0.348. The maximum atomic E-state index is 12.9. The number of hydrogen-bond donors (Lipinski definition) is 3. The Morgan fingerprint density at radius 3 is 2.24 bits per heavy atom. The summed E-state index contributed by atoms with van der Waals surface area (Å²) in [7, 11) is 1.46. The first-order chi connectivity index (χ1) is 15.5. The van der Waals surface area contributed by atoms with Gasteiger partial charge in [-0.3, -0.25) is 14.9 Å². The Hall–Kier alpha value is -3.27. The van der Waals surface area contributed by atoms with Crippen molar-refractivity contribution in [1.29, 1.82) is 0 Å². The lowest BCUT2D eigenvalue weighted by Gasteiger charge is -2.20. The second-order valence-electron chi connectivity index (χ2n) is 8.04. The van der Waals surface area contributed by atoms with E-state index < -0.39 is 22.8 Å². The second-order valence-corrected chi connectivity index (χ2v) is 9.37. The third-order valence-electron chi connectivity index (χ3n) is 4.06. The fourth-order valence-electron chi connectivity index (χ4n) is 2.55. The van der Waals surface area contributed by atoms with Gasteiger partial charge in [0, 0.05) is 11.4 Å². The molecule has 2 aromatic rings. The zero-order valence-electron chi connectivity index (χ0n) is 19.2. The predicted octanol–water partition coefficient (Wildman–Crippen LogP) is 4.88. The van der Waals surface area contributed by atoms with Gasteiger partial charge in [0.2, 0.25) is 11.8 Å². The average molecular weight is 478 g/mol. The van der Waals surface area contributed by atoms with Crippen molar-refractivity contribution in [2.45, 2.75) is 38.5 Å². The van der Waals surface area contributed by atoms with Crippen LogP contribution in [0, 0.1) is 5.82 Å². The highest BCUT2D eigenvalue weighted by atomic mass is 32.2. The molecule has 3 N–H and O–H groups in total. The summed E-state index contributed by atoms with van der Waals surface area (Å²) >= 11 is 1.15. The van der Waals surface area contributed by atoms with Gasteiger partial charge in [-0.25, -0.2) is 9.18 Å². The molecule has 178 valence electrons. The summed E-state index contributed by atoms with van der Waals surface area (Å²) in [5.41, 5.74) is 0.583. The third kappa shape index (κ3) is 9.01. The quantitative estimate of drug-likeness (QED) is 0.500. The highest BCUT2D eigenvalue weighted by molar-refractivity contribution is 8.01. The highest BCUT2D eigenvalue weighted by Gasteiger charge is 2.19. The standard InChI is InChI=1S/C23H28FN3O5S/c1-14(33-13-20(28)25-16-8-6-15(24)7-9-16)21(29)26-17-10-11-19(31-5)18(12-17)27-22(30)32-23(2,3)4/h6-12,14H,13H2,1-5H3,(H,25,28)(H,26,29)(H,27,30). The molecule has 3 amide bonds. The summed E-state index contributed by atoms with van der Waals surface area (Å²) in [6.45, 7) is 6.92. The first-order valence-corrected chi connectivity index (χ1v) is 11.2. The van der Waals surface area contributed by atoms with E-state index in [0.717, 1.165) is 11.8 Å². The topological polar surface area (TPSA) is 106 Å². The number of hydrogen-bond acceptors (Lipinski definition) is 6. The van der Waals surface area contributed by atoms with E-state index in [4.69, 9.17) is 9.47 Å². The molecule has 0 radical (unpaired) electrons.